The van der Waals surface area contributed by atoms with E-state index in [0.717, 1.165) is 56.6 Å². The molecule has 3 heterocycles. The molecule has 0 bridgehead atoms. The number of aliphatic hydroxyl groups is 1. The van der Waals surface area contributed by atoms with E-state index in [1.807, 2.05) is 18.2 Å². The molecule has 2 aromatic rings. The van der Waals surface area contributed by atoms with Crippen LogP contribution in [0.4, 0.5) is 5.69 Å². The molecule has 1 spiro atoms. The first kappa shape index (κ1) is 18.8. The van der Waals surface area contributed by atoms with Crippen molar-refractivity contribution in [3.05, 3.63) is 47.0 Å². The summed E-state index contributed by atoms with van der Waals surface area (Å²) in [6, 6.07) is 5.63. The van der Waals surface area contributed by atoms with Gasteiger partial charge < -0.3 is 15.2 Å². The fourth-order valence-corrected chi connectivity index (χ4v) is 4.48. The lowest BCUT2D eigenvalue weighted by atomic mass is 9.73. The van der Waals surface area contributed by atoms with Gasteiger partial charge in [-0.15, -0.1) is 0 Å². The van der Waals surface area contributed by atoms with Gasteiger partial charge in [0.15, 0.2) is 11.6 Å². The van der Waals surface area contributed by atoms with Crippen LogP contribution < -0.4 is 10.1 Å². The van der Waals surface area contributed by atoms with Crippen molar-refractivity contribution in [2.24, 2.45) is 0 Å². The predicted molar refractivity (Wildman–Crippen MR) is 108 cm³/mol. The average Bonchev–Trinajstić information content (AvgIpc) is 3.43. The average molecular weight is 415 g/mol. The number of rotatable bonds is 5. The Morgan fingerprint density at radius 3 is 2.59 bits per heavy atom. The van der Waals surface area contributed by atoms with Crippen LogP contribution in [0.25, 0.3) is 0 Å². The molecule has 3 aliphatic rings. The lowest BCUT2D eigenvalue weighted by molar-refractivity contribution is -0.122. The van der Waals surface area contributed by atoms with Crippen molar-refractivity contribution < 1.29 is 14.6 Å². The third-order valence-electron chi connectivity index (χ3n) is 6.33. The van der Waals surface area contributed by atoms with Crippen LogP contribution in [0.5, 0.6) is 5.75 Å². The van der Waals surface area contributed by atoms with E-state index in [1.54, 1.807) is 12.4 Å². The van der Waals surface area contributed by atoms with Crippen LogP contribution in [0.2, 0.25) is 5.02 Å². The van der Waals surface area contributed by atoms with Gasteiger partial charge >= 0.3 is 0 Å². The molecule has 2 aliphatic heterocycles. The monoisotopic (exact) mass is 414 g/mol. The van der Waals surface area contributed by atoms with Gasteiger partial charge in [0, 0.05) is 17.3 Å². The van der Waals surface area contributed by atoms with Gasteiger partial charge in [-0.2, -0.15) is 0 Å². The first-order chi connectivity index (χ1) is 14.0. The number of nitrogens with zero attached hydrogens (tertiary/aromatic N) is 3. The third kappa shape index (κ3) is 3.37. The van der Waals surface area contributed by atoms with E-state index >= 15 is 0 Å². The van der Waals surface area contributed by atoms with E-state index in [9.17, 15) is 9.90 Å². The van der Waals surface area contributed by atoms with Crippen molar-refractivity contribution in [1.29, 1.82) is 0 Å². The van der Waals surface area contributed by atoms with Gasteiger partial charge in [0.25, 0.3) is 0 Å². The minimum absolute atomic E-state index is 0.0835. The van der Waals surface area contributed by atoms with Crippen LogP contribution in [0.15, 0.2) is 30.6 Å². The smallest absolute Gasteiger partial charge is 0.235 e. The molecule has 1 amide bonds. The molecule has 0 unspecified atom stereocenters. The zero-order chi connectivity index (χ0) is 20.1. The second-order valence-electron chi connectivity index (χ2n) is 8.19. The maximum absolute atomic E-state index is 12.7. The molecule has 0 atom stereocenters. The number of carbonyl (C=O) groups excluding carboxylic acids is 1. The molecule has 2 N–H and O–H groups in total. The fourth-order valence-electron chi connectivity index (χ4n) is 4.31. The van der Waals surface area contributed by atoms with E-state index in [4.69, 9.17) is 16.3 Å². The summed E-state index contributed by atoms with van der Waals surface area (Å²) in [7, 11) is 0. The first-order valence-corrected chi connectivity index (χ1v) is 10.4. The van der Waals surface area contributed by atoms with Crippen LogP contribution in [0, 0.1) is 0 Å². The van der Waals surface area contributed by atoms with Crippen molar-refractivity contribution >= 4 is 23.2 Å². The molecular formula is C21H23ClN4O3. The number of ether oxygens (including phenoxy) is 1. The highest BCUT2D eigenvalue weighted by Crippen LogP contribution is 2.46. The predicted octanol–water partition coefficient (Wildman–Crippen LogP) is 2.48. The summed E-state index contributed by atoms with van der Waals surface area (Å²) in [5.41, 5.74) is 0.623. The summed E-state index contributed by atoms with van der Waals surface area (Å²) in [4.78, 5) is 23.4. The Labute approximate surface area is 174 Å². The molecule has 8 heteroatoms. The van der Waals surface area contributed by atoms with Gasteiger partial charge in [-0.3, -0.25) is 9.69 Å². The number of piperidine rings is 1. The van der Waals surface area contributed by atoms with Crippen LogP contribution in [-0.4, -0.2) is 52.1 Å². The van der Waals surface area contributed by atoms with E-state index in [2.05, 4.69) is 20.2 Å². The minimum Gasteiger partial charge on any atom is -0.489 e. The number of nitrogens with one attached hydrogen (secondary N) is 1. The Morgan fingerprint density at radius 2 is 1.90 bits per heavy atom. The van der Waals surface area contributed by atoms with E-state index in [-0.39, 0.29) is 5.91 Å². The summed E-state index contributed by atoms with van der Waals surface area (Å²) < 4.78 is 5.76. The van der Waals surface area contributed by atoms with Crippen molar-refractivity contribution in [2.75, 3.05) is 31.6 Å². The van der Waals surface area contributed by atoms with Crippen LogP contribution in [-0.2, 0) is 15.8 Å². The van der Waals surface area contributed by atoms with E-state index in [0.29, 0.717) is 23.2 Å². The molecular weight excluding hydrogens is 392 g/mol. The van der Waals surface area contributed by atoms with Crippen molar-refractivity contribution in [3.8, 4) is 5.75 Å². The second kappa shape index (κ2) is 6.93. The molecule has 29 heavy (non-hydrogen) atoms. The molecule has 1 saturated carbocycles. The maximum Gasteiger partial charge on any atom is 0.235 e. The molecule has 152 valence electrons. The van der Waals surface area contributed by atoms with Crippen molar-refractivity contribution in [2.45, 2.75) is 36.7 Å². The van der Waals surface area contributed by atoms with Gasteiger partial charge in [0.05, 0.1) is 17.8 Å². The highest BCUT2D eigenvalue weighted by Gasteiger charge is 2.48. The van der Waals surface area contributed by atoms with E-state index < -0.39 is 11.0 Å². The number of anilines is 1. The second-order valence-corrected chi connectivity index (χ2v) is 8.63. The lowest BCUT2D eigenvalue weighted by Gasteiger charge is -2.37. The number of likely N-dealkylation sites (tertiary alicyclic amines) is 1. The number of aromatic nitrogens is 2. The lowest BCUT2D eigenvalue weighted by Crippen LogP contribution is -2.47. The van der Waals surface area contributed by atoms with Gasteiger partial charge in [-0.1, -0.05) is 11.6 Å². The Hall–Kier alpha value is -2.22. The molecule has 2 fully saturated rings. The number of benzene rings is 1. The highest BCUT2D eigenvalue weighted by molar-refractivity contribution is 6.31. The summed E-state index contributed by atoms with van der Waals surface area (Å²) in [6.07, 6.45) is 6.21. The largest absolute Gasteiger partial charge is 0.489 e. The van der Waals surface area contributed by atoms with Crippen LogP contribution >= 0.6 is 11.6 Å². The van der Waals surface area contributed by atoms with Crippen LogP contribution in [0.3, 0.4) is 0 Å². The minimum atomic E-state index is -0.822. The Balaban J connectivity index is 1.15. The molecule has 1 saturated heterocycles. The zero-order valence-corrected chi connectivity index (χ0v) is 16.8. The third-order valence-corrected chi connectivity index (χ3v) is 6.57. The maximum atomic E-state index is 12.7. The molecule has 1 aromatic carbocycles. The van der Waals surface area contributed by atoms with Gasteiger partial charge in [0.2, 0.25) is 5.91 Å². The van der Waals surface area contributed by atoms with Crippen molar-refractivity contribution in [3.63, 3.8) is 0 Å². The zero-order valence-electron chi connectivity index (χ0n) is 16.0. The molecule has 0 radical (unpaired) electrons. The number of fused-ring (bicyclic) bond motifs is 2. The number of carbonyl (C=O) groups is 1. The molecule has 7 nitrogen and oxygen atoms in total. The molecule has 5 rings (SSSR count). The highest BCUT2D eigenvalue weighted by atomic mass is 35.5. The Kier molecular flexibility index (Phi) is 4.49. The summed E-state index contributed by atoms with van der Waals surface area (Å²) in [5.74, 6) is 1.16. The summed E-state index contributed by atoms with van der Waals surface area (Å²) >= 11 is 6.18. The Bertz CT molecular complexity index is 937. The SMILES string of the molecule is O=C1Nc2ccc(Cl)cc2C12CCN(CCOc1cnc(C3(O)CC3)nc1)CC2. The van der Waals surface area contributed by atoms with Gasteiger partial charge in [-0.05, 0) is 62.5 Å². The first-order valence-electron chi connectivity index (χ1n) is 10.0. The fraction of sp³-hybridized carbons (Fsp3) is 0.476. The van der Waals surface area contributed by atoms with Crippen molar-refractivity contribution in [1.82, 2.24) is 14.9 Å². The number of hydrogen-bond acceptors (Lipinski definition) is 6. The van der Waals surface area contributed by atoms with E-state index in [1.165, 1.54) is 0 Å². The number of halogens is 1. The summed E-state index contributed by atoms with van der Waals surface area (Å²) in [6.45, 7) is 2.94. The standard InChI is InChI=1S/C21H23ClN4O3/c22-14-1-2-17-16(11-14)20(19(27)25-17)5-7-26(8-6-20)9-10-29-15-12-23-18(24-13-15)21(28)3-4-21/h1-2,11-13,28H,3-10H2,(H,25,27). The topological polar surface area (TPSA) is 87.6 Å². The summed E-state index contributed by atoms with van der Waals surface area (Å²) in [5, 5.41) is 13.7. The van der Waals surface area contributed by atoms with Gasteiger partial charge in [0.1, 0.15) is 12.2 Å². The normalized spacial score (nSPS) is 21.7. The Morgan fingerprint density at radius 1 is 1.17 bits per heavy atom. The van der Waals surface area contributed by atoms with Gasteiger partial charge in [-0.25, -0.2) is 9.97 Å². The molecule has 1 aliphatic carbocycles. The van der Waals surface area contributed by atoms with Crippen LogP contribution in [0.1, 0.15) is 37.1 Å². The quantitative estimate of drug-likeness (QED) is 0.781. The molecule has 1 aromatic heterocycles. The number of amides is 1. The number of hydrogen-bond donors (Lipinski definition) is 2.